The van der Waals surface area contributed by atoms with E-state index in [1.54, 1.807) is 0 Å². The van der Waals surface area contributed by atoms with Gasteiger partial charge in [-0.1, -0.05) is 11.6 Å². The van der Waals surface area contributed by atoms with Crippen LogP contribution in [0, 0.1) is 5.92 Å². The number of fused-ring (bicyclic) bond motifs is 1. The van der Waals surface area contributed by atoms with Crippen LogP contribution in [-0.2, 0) is 6.42 Å². The van der Waals surface area contributed by atoms with Crippen molar-refractivity contribution in [2.24, 2.45) is 5.92 Å². The van der Waals surface area contributed by atoms with Gasteiger partial charge in [0.25, 0.3) is 0 Å². The van der Waals surface area contributed by atoms with Gasteiger partial charge >= 0.3 is 0 Å². The number of rotatable bonds is 2. The molecule has 0 atom stereocenters. The van der Waals surface area contributed by atoms with Crippen molar-refractivity contribution in [2.75, 3.05) is 19.9 Å². The molecule has 18 heavy (non-hydrogen) atoms. The molecule has 2 aliphatic rings. The molecular formula is C13H16ClNO3. The largest absolute Gasteiger partial charge is 0.506 e. The number of ether oxygens (including phenoxy) is 2. The topological polar surface area (TPSA) is 50.7 Å². The van der Waals surface area contributed by atoms with Crippen LogP contribution < -0.4 is 14.8 Å². The quantitative estimate of drug-likeness (QED) is 0.865. The van der Waals surface area contributed by atoms with E-state index in [2.05, 4.69) is 5.32 Å². The molecule has 0 bridgehead atoms. The SMILES string of the molecule is Oc1c(CC2CCNCC2)cc2c(c1Cl)OCO2. The molecule has 1 saturated heterocycles. The van der Waals surface area contributed by atoms with Gasteiger partial charge in [0.1, 0.15) is 10.8 Å². The molecule has 0 amide bonds. The van der Waals surface area contributed by atoms with Crippen LogP contribution in [0.4, 0.5) is 0 Å². The maximum absolute atomic E-state index is 10.1. The van der Waals surface area contributed by atoms with Gasteiger partial charge in [0, 0.05) is 0 Å². The fraction of sp³-hybridized carbons (Fsp3) is 0.538. The van der Waals surface area contributed by atoms with Crippen molar-refractivity contribution < 1.29 is 14.6 Å². The third-order valence-corrected chi connectivity index (χ3v) is 3.98. The minimum Gasteiger partial charge on any atom is -0.506 e. The fourth-order valence-electron chi connectivity index (χ4n) is 2.59. The third kappa shape index (κ3) is 2.10. The average Bonchev–Trinajstić information content (AvgIpc) is 2.85. The first-order valence-corrected chi connectivity index (χ1v) is 6.64. The number of aromatic hydroxyl groups is 1. The normalized spacial score (nSPS) is 19.2. The molecule has 1 fully saturated rings. The predicted molar refractivity (Wildman–Crippen MR) is 68.5 cm³/mol. The van der Waals surface area contributed by atoms with E-state index in [9.17, 15) is 5.11 Å². The van der Waals surface area contributed by atoms with Crippen LogP contribution in [0.1, 0.15) is 18.4 Å². The number of benzene rings is 1. The van der Waals surface area contributed by atoms with Crippen LogP contribution in [-0.4, -0.2) is 25.0 Å². The Morgan fingerprint density at radius 2 is 2.11 bits per heavy atom. The van der Waals surface area contributed by atoms with Gasteiger partial charge in [-0.15, -0.1) is 0 Å². The number of halogens is 1. The van der Waals surface area contributed by atoms with E-state index in [4.69, 9.17) is 21.1 Å². The summed E-state index contributed by atoms with van der Waals surface area (Å²) in [6.07, 6.45) is 3.10. The molecule has 0 spiro atoms. The summed E-state index contributed by atoms with van der Waals surface area (Å²) in [5.74, 6) is 1.83. The molecule has 0 aromatic heterocycles. The van der Waals surface area contributed by atoms with E-state index in [1.165, 1.54) is 0 Å². The summed E-state index contributed by atoms with van der Waals surface area (Å²) in [6.45, 7) is 2.26. The molecular weight excluding hydrogens is 254 g/mol. The first-order valence-electron chi connectivity index (χ1n) is 6.26. The van der Waals surface area contributed by atoms with Gasteiger partial charge < -0.3 is 19.9 Å². The van der Waals surface area contributed by atoms with E-state index >= 15 is 0 Å². The third-order valence-electron chi connectivity index (χ3n) is 3.63. The summed E-state index contributed by atoms with van der Waals surface area (Å²) in [7, 11) is 0. The summed E-state index contributed by atoms with van der Waals surface area (Å²) in [5.41, 5.74) is 0.858. The molecule has 4 nitrogen and oxygen atoms in total. The van der Waals surface area contributed by atoms with Gasteiger partial charge in [0.05, 0.1) is 0 Å². The predicted octanol–water partition coefficient (Wildman–Crippen LogP) is 2.32. The molecule has 2 heterocycles. The van der Waals surface area contributed by atoms with Crippen molar-refractivity contribution in [3.63, 3.8) is 0 Å². The van der Waals surface area contributed by atoms with Crippen LogP contribution in [0.2, 0.25) is 5.02 Å². The van der Waals surface area contributed by atoms with Crippen molar-refractivity contribution in [1.82, 2.24) is 5.32 Å². The van der Waals surface area contributed by atoms with Crippen molar-refractivity contribution >= 4 is 11.6 Å². The van der Waals surface area contributed by atoms with Gasteiger partial charge in [0.15, 0.2) is 11.5 Å². The zero-order chi connectivity index (χ0) is 12.5. The number of nitrogens with one attached hydrogen (secondary N) is 1. The van der Waals surface area contributed by atoms with E-state index in [1.807, 2.05) is 6.07 Å². The summed E-state index contributed by atoms with van der Waals surface area (Å²) in [4.78, 5) is 0. The average molecular weight is 270 g/mol. The highest BCUT2D eigenvalue weighted by molar-refractivity contribution is 6.34. The second kappa shape index (κ2) is 4.86. The van der Waals surface area contributed by atoms with Crippen LogP contribution in [0.3, 0.4) is 0 Å². The minimum atomic E-state index is 0.138. The molecule has 3 rings (SSSR count). The first kappa shape index (κ1) is 11.9. The molecule has 0 unspecified atom stereocenters. The number of phenols is 1. The molecule has 1 aromatic rings. The molecule has 0 radical (unpaired) electrons. The number of hydrogen-bond donors (Lipinski definition) is 2. The Balaban J connectivity index is 1.85. The van der Waals surface area contributed by atoms with Crippen molar-refractivity contribution in [3.05, 3.63) is 16.7 Å². The summed E-state index contributed by atoms with van der Waals surface area (Å²) >= 11 is 6.09. The Kier molecular flexibility index (Phi) is 3.22. The lowest BCUT2D eigenvalue weighted by Gasteiger charge is -2.23. The second-order valence-corrected chi connectivity index (χ2v) is 5.21. The Morgan fingerprint density at radius 1 is 1.33 bits per heavy atom. The molecule has 2 N–H and O–H groups in total. The van der Waals surface area contributed by atoms with Crippen LogP contribution in [0.5, 0.6) is 17.2 Å². The zero-order valence-corrected chi connectivity index (χ0v) is 10.8. The molecule has 5 heteroatoms. The highest BCUT2D eigenvalue weighted by atomic mass is 35.5. The monoisotopic (exact) mass is 269 g/mol. The molecule has 98 valence electrons. The summed E-state index contributed by atoms with van der Waals surface area (Å²) in [6, 6.07) is 1.85. The van der Waals surface area contributed by atoms with Gasteiger partial charge in [-0.05, 0) is 49.9 Å². The Hall–Kier alpha value is -1.13. The zero-order valence-electron chi connectivity index (χ0n) is 10.0. The lowest BCUT2D eigenvalue weighted by atomic mass is 9.90. The van der Waals surface area contributed by atoms with E-state index in [0.29, 0.717) is 17.4 Å². The van der Waals surface area contributed by atoms with Gasteiger partial charge in [-0.2, -0.15) is 0 Å². The lowest BCUT2D eigenvalue weighted by Crippen LogP contribution is -2.28. The van der Waals surface area contributed by atoms with E-state index < -0.39 is 0 Å². The number of hydrogen-bond acceptors (Lipinski definition) is 4. The smallest absolute Gasteiger partial charge is 0.231 e. The first-order chi connectivity index (χ1) is 8.75. The maximum atomic E-state index is 10.1. The van der Waals surface area contributed by atoms with Gasteiger partial charge in [0.2, 0.25) is 6.79 Å². The molecule has 2 aliphatic heterocycles. The molecule has 0 saturated carbocycles. The number of piperidine rings is 1. The molecule has 0 aliphatic carbocycles. The van der Waals surface area contributed by atoms with Crippen molar-refractivity contribution in [2.45, 2.75) is 19.3 Å². The van der Waals surface area contributed by atoms with Crippen molar-refractivity contribution in [3.8, 4) is 17.2 Å². The highest BCUT2D eigenvalue weighted by Gasteiger charge is 2.24. The highest BCUT2D eigenvalue weighted by Crippen LogP contribution is 2.46. The van der Waals surface area contributed by atoms with Gasteiger partial charge in [-0.25, -0.2) is 0 Å². The lowest BCUT2D eigenvalue weighted by molar-refractivity contribution is 0.174. The van der Waals surface area contributed by atoms with E-state index in [-0.39, 0.29) is 17.6 Å². The standard InChI is InChI=1S/C13H16ClNO3/c14-11-12(16)9(5-8-1-3-15-4-2-8)6-10-13(11)18-7-17-10/h6,8,15-16H,1-5,7H2. The summed E-state index contributed by atoms with van der Waals surface area (Å²) < 4.78 is 10.6. The van der Waals surface area contributed by atoms with Crippen molar-refractivity contribution in [1.29, 1.82) is 0 Å². The van der Waals surface area contributed by atoms with Crippen LogP contribution >= 0.6 is 11.6 Å². The maximum Gasteiger partial charge on any atom is 0.231 e. The summed E-state index contributed by atoms with van der Waals surface area (Å²) in [5, 5.41) is 13.7. The van der Waals surface area contributed by atoms with Gasteiger partial charge in [-0.3, -0.25) is 0 Å². The van der Waals surface area contributed by atoms with Crippen LogP contribution in [0.15, 0.2) is 6.07 Å². The minimum absolute atomic E-state index is 0.138. The second-order valence-electron chi connectivity index (χ2n) is 4.83. The Morgan fingerprint density at radius 3 is 2.89 bits per heavy atom. The molecule has 1 aromatic carbocycles. The Labute approximate surface area is 111 Å². The van der Waals surface area contributed by atoms with E-state index in [0.717, 1.165) is 37.9 Å². The number of phenolic OH excluding ortho intramolecular Hbond substituents is 1. The Bertz CT molecular complexity index is 458. The fourth-order valence-corrected chi connectivity index (χ4v) is 2.86. The van der Waals surface area contributed by atoms with Crippen LogP contribution in [0.25, 0.3) is 0 Å².